The number of aryl methyl sites for hydroxylation is 2. The molecule has 2 bridgehead atoms. The van der Waals surface area contributed by atoms with E-state index in [1.807, 2.05) is 11.8 Å². The Morgan fingerprint density at radius 1 is 1.43 bits per heavy atom. The van der Waals surface area contributed by atoms with Crippen molar-refractivity contribution in [3.05, 3.63) is 33.9 Å². The minimum absolute atomic E-state index is 0.133. The van der Waals surface area contributed by atoms with Gasteiger partial charge in [0.05, 0.1) is 29.0 Å². The molecule has 1 spiro atoms. The van der Waals surface area contributed by atoms with Crippen molar-refractivity contribution in [1.29, 1.82) is 0 Å². The fraction of sp³-hybridized carbons (Fsp3) is 0.579. The number of carbonyl (C=O) groups is 2. The van der Waals surface area contributed by atoms with Gasteiger partial charge in [-0.1, -0.05) is 0 Å². The lowest BCUT2D eigenvalue weighted by atomic mass is 9.73. The summed E-state index contributed by atoms with van der Waals surface area (Å²) >= 11 is 1.47. The first-order valence-electron chi connectivity index (χ1n) is 9.54. The topological polar surface area (TPSA) is 97.6 Å². The number of thiazole rings is 1. The van der Waals surface area contributed by atoms with E-state index in [2.05, 4.69) is 15.3 Å². The van der Waals surface area contributed by atoms with Gasteiger partial charge < -0.3 is 19.4 Å². The van der Waals surface area contributed by atoms with Crippen LogP contribution < -0.4 is 5.32 Å². The molecule has 5 heterocycles. The van der Waals surface area contributed by atoms with Crippen LogP contribution in [0.3, 0.4) is 0 Å². The molecule has 0 unspecified atom stereocenters. The third-order valence-electron chi connectivity index (χ3n) is 6.36. The SMILES string of the molecule is Cc1nc(C(=O)NC[C@H]2[C@H]3CN(C(=O)c4ocnc4C)C[C@]34CC[C@H]2O4)cs1. The molecule has 0 aromatic carbocycles. The highest BCUT2D eigenvalue weighted by Crippen LogP contribution is 2.54. The summed E-state index contributed by atoms with van der Waals surface area (Å²) in [6.07, 6.45) is 3.37. The van der Waals surface area contributed by atoms with Gasteiger partial charge in [-0.25, -0.2) is 9.97 Å². The molecule has 0 aliphatic carbocycles. The lowest BCUT2D eigenvalue weighted by Crippen LogP contribution is -2.42. The highest BCUT2D eigenvalue weighted by molar-refractivity contribution is 7.09. The third kappa shape index (κ3) is 2.68. The summed E-state index contributed by atoms with van der Waals surface area (Å²) in [5.74, 6) is 0.438. The Morgan fingerprint density at radius 2 is 2.29 bits per heavy atom. The Kier molecular flexibility index (Phi) is 4.06. The van der Waals surface area contributed by atoms with Gasteiger partial charge in [0.2, 0.25) is 5.76 Å². The number of nitrogens with zero attached hydrogens (tertiary/aromatic N) is 3. The molecule has 0 saturated carbocycles. The van der Waals surface area contributed by atoms with Gasteiger partial charge in [0.1, 0.15) is 5.69 Å². The molecule has 2 amide bonds. The average Bonchev–Trinajstić information content (AvgIpc) is 3.45. The molecule has 3 fully saturated rings. The van der Waals surface area contributed by atoms with Gasteiger partial charge in [-0.05, 0) is 26.7 Å². The molecule has 5 rings (SSSR count). The number of aromatic nitrogens is 2. The average molecular weight is 402 g/mol. The van der Waals surface area contributed by atoms with E-state index < -0.39 is 0 Å². The van der Waals surface area contributed by atoms with Crippen LogP contribution in [0, 0.1) is 25.7 Å². The van der Waals surface area contributed by atoms with E-state index in [-0.39, 0.29) is 35.4 Å². The number of amides is 2. The summed E-state index contributed by atoms with van der Waals surface area (Å²) < 4.78 is 11.6. The third-order valence-corrected chi connectivity index (χ3v) is 7.13. The molecule has 148 valence electrons. The smallest absolute Gasteiger partial charge is 0.291 e. The number of nitrogens with one attached hydrogen (secondary N) is 1. The molecule has 28 heavy (non-hydrogen) atoms. The lowest BCUT2D eigenvalue weighted by Gasteiger charge is -2.29. The molecule has 9 heteroatoms. The number of hydrogen-bond acceptors (Lipinski definition) is 7. The molecule has 2 aromatic rings. The number of rotatable bonds is 4. The van der Waals surface area contributed by atoms with Crippen molar-refractivity contribution in [1.82, 2.24) is 20.2 Å². The Bertz CT molecular complexity index is 940. The molecule has 3 saturated heterocycles. The number of likely N-dealkylation sites (tertiary alicyclic amines) is 1. The lowest BCUT2D eigenvalue weighted by molar-refractivity contribution is 0.00284. The van der Waals surface area contributed by atoms with Crippen molar-refractivity contribution in [2.24, 2.45) is 11.8 Å². The van der Waals surface area contributed by atoms with Gasteiger partial charge in [-0.3, -0.25) is 9.59 Å². The van der Waals surface area contributed by atoms with E-state index in [1.165, 1.54) is 17.7 Å². The molecule has 3 aliphatic rings. The number of ether oxygens (including phenoxy) is 1. The first-order valence-corrected chi connectivity index (χ1v) is 10.4. The van der Waals surface area contributed by atoms with Crippen LogP contribution in [-0.4, -0.2) is 58.0 Å². The second kappa shape index (κ2) is 6.38. The monoisotopic (exact) mass is 402 g/mol. The zero-order chi connectivity index (χ0) is 19.5. The summed E-state index contributed by atoms with van der Waals surface area (Å²) in [6, 6.07) is 0. The zero-order valence-electron chi connectivity index (χ0n) is 15.8. The van der Waals surface area contributed by atoms with Crippen molar-refractivity contribution >= 4 is 23.2 Å². The van der Waals surface area contributed by atoms with E-state index in [1.54, 1.807) is 12.3 Å². The maximum absolute atomic E-state index is 12.9. The first-order chi connectivity index (χ1) is 13.5. The molecule has 3 aliphatic heterocycles. The normalized spacial score (nSPS) is 30.6. The zero-order valence-corrected chi connectivity index (χ0v) is 16.6. The van der Waals surface area contributed by atoms with Crippen LogP contribution in [-0.2, 0) is 4.74 Å². The van der Waals surface area contributed by atoms with Gasteiger partial charge in [-0.15, -0.1) is 11.3 Å². The number of fused-ring (bicyclic) bond motifs is 1. The summed E-state index contributed by atoms with van der Waals surface area (Å²) in [4.78, 5) is 35.3. The van der Waals surface area contributed by atoms with Gasteiger partial charge in [0.25, 0.3) is 11.8 Å². The van der Waals surface area contributed by atoms with Crippen molar-refractivity contribution in [3.8, 4) is 0 Å². The second-order valence-electron chi connectivity index (χ2n) is 7.94. The fourth-order valence-electron chi connectivity index (χ4n) is 5.04. The molecular weight excluding hydrogens is 380 g/mol. The number of oxazole rings is 1. The van der Waals surface area contributed by atoms with Crippen LogP contribution in [0.2, 0.25) is 0 Å². The molecule has 8 nitrogen and oxygen atoms in total. The molecule has 2 aromatic heterocycles. The van der Waals surface area contributed by atoms with E-state index >= 15 is 0 Å². The molecular formula is C19H22N4O4S. The van der Waals surface area contributed by atoms with E-state index in [4.69, 9.17) is 9.15 Å². The number of hydrogen-bond donors (Lipinski definition) is 1. The van der Waals surface area contributed by atoms with Crippen LogP contribution >= 0.6 is 11.3 Å². The van der Waals surface area contributed by atoms with Crippen molar-refractivity contribution in [2.45, 2.75) is 38.4 Å². The quantitative estimate of drug-likeness (QED) is 0.838. The predicted octanol–water partition coefficient (Wildman–Crippen LogP) is 1.80. The Morgan fingerprint density at radius 3 is 3.00 bits per heavy atom. The molecule has 1 N–H and O–H groups in total. The van der Waals surface area contributed by atoms with Crippen LogP contribution in [0.25, 0.3) is 0 Å². The summed E-state index contributed by atoms with van der Waals surface area (Å²) in [5.41, 5.74) is 0.776. The second-order valence-corrected chi connectivity index (χ2v) is 9.01. The van der Waals surface area contributed by atoms with Crippen LogP contribution in [0.15, 0.2) is 16.2 Å². The standard InChI is InChI=1S/C19H22N4O4S/c1-10-16(26-9-21-10)18(25)23-6-13-12(15-3-4-19(13,8-23)27-15)5-20-17(24)14-7-28-11(2)22-14/h7,9,12-13,15H,3-6,8H2,1-2H3,(H,20,24)/t12-,13+,15+,19+/m0/s1. The Balaban J connectivity index is 1.29. The highest BCUT2D eigenvalue weighted by atomic mass is 32.1. The van der Waals surface area contributed by atoms with Gasteiger partial charge >= 0.3 is 0 Å². The Hall–Kier alpha value is -2.26. The first kappa shape index (κ1) is 17.8. The Labute approximate surface area is 166 Å². The van der Waals surface area contributed by atoms with Gasteiger partial charge in [-0.2, -0.15) is 0 Å². The summed E-state index contributed by atoms with van der Waals surface area (Å²) in [6.45, 7) is 5.38. The van der Waals surface area contributed by atoms with Crippen molar-refractivity contribution in [3.63, 3.8) is 0 Å². The minimum atomic E-state index is -0.291. The van der Waals surface area contributed by atoms with E-state index in [0.717, 1.165) is 17.8 Å². The van der Waals surface area contributed by atoms with Crippen molar-refractivity contribution < 1.29 is 18.7 Å². The van der Waals surface area contributed by atoms with E-state index in [9.17, 15) is 9.59 Å². The summed E-state index contributed by atoms with van der Waals surface area (Å²) in [5, 5.41) is 5.67. The van der Waals surface area contributed by atoms with Crippen molar-refractivity contribution in [2.75, 3.05) is 19.6 Å². The highest BCUT2D eigenvalue weighted by Gasteiger charge is 2.63. The van der Waals surface area contributed by atoms with Crippen LogP contribution in [0.1, 0.15) is 44.6 Å². The van der Waals surface area contributed by atoms with E-state index in [0.29, 0.717) is 36.8 Å². The number of carbonyl (C=O) groups excluding carboxylic acids is 2. The maximum Gasteiger partial charge on any atom is 0.291 e. The van der Waals surface area contributed by atoms with Crippen LogP contribution in [0.4, 0.5) is 0 Å². The molecule has 0 radical (unpaired) electrons. The van der Waals surface area contributed by atoms with Gasteiger partial charge in [0, 0.05) is 30.3 Å². The minimum Gasteiger partial charge on any atom is -0.438 e. The van der Waals surface area contributed by atoms with Gasteiger partial charge in [0.15, 0.2) is 6.39 Å². The van der Waals surface area contributed by atoms with Crippen LogP contribution in [0.5, 0.6) is 0 Å². The molecule has 4 atom stereocenters. The fourth-order valence-corrected chi connectivity index (χ4v) is 5.63. The largest absolute Gasteiger partial charge is 0.438 e. The predicted molar refractivity (Wildman–Crippen MR) is 100 cm³/mol. The maximum atomic E-state index is 12.9. The summed E-state index contributed by atoms with van der Waals surface area (Å²) in [7, 11) is 0.